The number of methoxy groups -OCH3 is 2. The van der Waals surface area contributed by atoms with Crippen LogP contribution >= 0.6 is 11.6 Å². The van der Waals surface area contributed by atoms with E-state index in [1.165, 1.54) is 32.5 Å². The van der Waals surface area contributed by atoms with Gasteiger partial charge < -0.3 is 14.8 Å². The number of carbonyl (C=O) groups is 1. The molecule has 2 aromatic carbocycles. The van der Waals surface area contributed by atoms with Gasteiger partial charge in [0, 0.05) is 23.6 Å². The largest absolute Gasteiger partial charge is 0.493 e. The van der Waals surface area contributed by atoms with Crippen molar-refractivity contribution in [2.75, 3.05) is 25.3 Å². The van der Waals surface area contributed by atoms with Gasteiger partial charge in [-0.15, -0.1) is 0 Å². The lowest BCUT2D eigenvalue weighted by Gasteiger charge is -2.19. The van der Waals surface area contributed by atoms with Gasteiger partial charge >= 0.3 is 0 Å². The summed E-state index contributed by atoms with van der Waals surface area (Å²) >= 11 is 5.86. The number of ether oxygens (including phenoxy) is 2. The lowest BCUT2D eigenvalue weighted by Crippen LogP contribution is -2.28. The molecule has 7 nitrogen and oxygen atoms in total. The lowest BCUT2D eigenvalue weighted by molar-refractivity contribution is -0.117. The van der Waals surface area contributed by atoms with E-state index in [1.807, 2.05) is 30.3 Å². The van der Waals surface area contributed by atoms with Gasteiger partial charge in [-0.25, -0.2) is 13.4 Å². The standard InChI is InChI=1S/C24H23ClN2O5S/c1-31-20-10-9-18(12-21(20)32-2)33(29,30)15-24(16-6-4-3-5-7-16)13-19(24)23(28)27-22-11-8-17(25)14-26-22/h3-12,14,19H,13,15H2,1-2H3,(H,26,27,28). The number of hydrogen-bond donors (Lipinski definition) is 1. The quantitative estimate of drug-likeness (QED) is 0.514. The zero-order valence-corrected chi connectivity index (χ0v) is 19.7. The number of rotatable bonds is 8. The molecule has 1 N–H and O–H groups in total. The minimum Gasteiger partial charge on any atom is -0.493 e. The van der Waals surface area contributed by atoms with Gasteiger partial charge in [-0.05, 0) is 36.2 Å². The maximum Gasteiger partial charge on any atom is 0.229 e. The molecule has 1 aromatic heterocycles. The van der Waals surface area contributed by atoms with Crippen LogP contribution in [0.5, 0.6) is 11.5 Å². The van der Waals surface area contributed by atoms with Crippen LogP contribution in [0.4, 0.5) is 5.82 Å². The number of benzene rings is 2. The van der Waals surface area contributed by atoms with Crippen molar-refractivity contribution in [2.24, 2.45) is 5.92 Å². The van der Waals surface area contributed by atoms with Crippen molar-refractivity contribution in [1.29, 1.82) is 0 Å². The predicted octanol–water partition coefficient (Wildman–Crippen LogP) is 4.12. The molecule has 0 radical (unpaired) electrons. The number of hydrogen-bond acceptors (Lipinski definition) is 6. The smallest absolute Gasteiger partial charge is 0.229 e. The highest BCUT2D eigenvalue weighted by molar-refractivity contribution is 7.91. The van der Waals surface area contributed by atoms with Crippen LogP contribution in [-0.4, -0.2) is 39.3 Å². The first-order valence-electron chi connectivity index (χ1n) is 10.2. The van der Waals surface area contributed by atoms with Crippen LogP contribution in [0.1, 0.15) is 12.0 Å². The van der Waals surface area contributed by atoms with E-state index >= 15 is 0 Å². The molecule has 0 spiro atoms. The number of aromatic nitrogens is 1. The minimum atomic E-state index is -3.75. The predicted molar refractivity (Wildman–Crippen MR) is 126 cm³/mol. The molecule has 1 aliphatic carbocycles. The summed E-state index contributed by atoms with van der Waals surface area (Å²) in [6.45, 7) is 0. The first-order valence-corrected chi connectivity index (χ1v) is 12.2. The molecule has 9 heteroatoms. The Morgan fingerprint density at radius 1 is 1.09 bits per heavy atom. The molecule has 2 atom stereocenters. The monoisotopic (exact) mass is 486 g/mol. The second-order valence-corrected chi connectivity index (χ2v) is 10.3. The maximum absolute atomic E-state index is 13.4. The first kappa shape index (κ1) is 23.1. The number of carbonyl (C=O) groups excluding carboxylic acids is 1. The minimum absolute atomic E-state index is 0.112. The first-order chi connectivity index (χ1) is 15.8. The zero-order valence-electron chi connectivity index (χ0n) is 18.1. The summed E-state index contributed by atoms with van der Waals surface area (Å²) in [5.41, 5.74) is -0.0395. The van der Waals surface area contributed by atoms with Gasteiger partial charge in [0.15, 0.2) is 21.3 Å². The van der Waals surface area contributed by atoms with Gasteiger partial charge in [0.05, 0.1) is 29.9 Å². The fourth-order valence-electron chi connectivity index (χ4n) is 4.08. The molecule has 0 saturated heterocycles. The second-order valence-electron chi connectivity index (χ2n) is 7.91. The third kappa shape index (κ3) is 4.67. The van der Waals surface area contributed by atoms with E-state index < -0.39 is 21.2 Å². The van der Waals surface area contributed by atoms with Gasteiger partial charge in [0.25, 0.3) is 0 Å². The summed E-state index contributed by atoms with van der Waals surface area (Å²) in [5.74, 6) is 0.107. The number of pyridine rings is 1. The molecule has 1 heterocycles. The van der Waals surface area contributed by atoms with Gasteiger partial charge in [-0.2, -0.15) is 0 Å². The average Bonchev–Trinajstić information content (AvgIpc) is 3.55. The summed E-state index contributed by atoms with van der Waals surface area (Å²) < 4.78 is 37.4. The Balaban J connectivity index is 1.64. The molecule has 33 heavy (non-hydrogen) atoms. The lowest BCUT2D eigenvalue weighted by atomic mass is 9.95. The van der Waals surface area contributed by atoms with Crippen molar-refractivity contribution in [1.82, 2.24) is 4.98 Å². The zero-order chi connectivity index (χ0) is 23.6. The molecule has 4 rings (SSSR count). The van der Waals surface area contributed by atoms with Crippen molar-refractivity contribution in [3.8, 4) is 11.5 Å². The van der Waals surface area contributed by atoms with Crippen LogP contribution in [0.15, 0.2) is 71.8 Å². The highest BCUT2D eigenvalue weighted by atomic mass is 35.5. The van der Waals surface area contributed by atoms with Crippen molar-refractivity contribution in [3.63, 3.8) is 0 Å². The van der Waals surface area contributed by atoms with Crippen LogP contribution in [-0.2, 0) is 20.0 Å². The van der Waals surface area contributed by atoms with E-state index in [1.54, 1.807) is 18.2 Å². The summed E-state index contributed by atoms with van der Waals surface area (Å²) in [7, 11) is -0.819. The Hall–Kier alpha value is -3.10. The van der Waals surface area contributed by atoms with Crippen molar-refractivity contribution >= 4 is 33.2 Å². The van der Waals surface area contributed by atoms with E-state index in [2.05, 4.69) is 10.3 Å². The molecule has 3 aromatic rings. The molecule has 1 fully saturated rings. The third-order valence-electron chi connectivity index (χ3n) is 5.88. The molecule has 172 valence electrons. The topological polar surface area (TPSA) is 94.6 Å². The van der Waals surface area contributed by atoms with E-state index in [9.17, 15) is 13.2 Å². The number of halogens is 1. The van der Waals surface area contributed by atoms with Crippen LogP contribution in [0.25, 0.3) is 0 Å². The van der Waals surface area contributed by atoms with Gasteiger partial charge in [-0.1, -0.05) is 41.9 Å². The van der Waals surface area contributed by atoms with E-state index in [4.69, 9.17) is 21.1 Å². The molecular weight excluding hydrogens is 464 g/mol. The maximum atomic E-state index is 13.4. The SMILES string of the molecule is COc1ccc(S(=O)(=O)CC2(c3ccccc3)CC2C(=O)Nc2ccc(Cl)cn2)cc1OC. The van der Waals surface area contributed by atoms with Gasteiger partial charge in [0.2, 0.25) is 5.91 Å². The fourth-order valence-corrected chi connectivity index (χ4v) is 6.08. The Labute approximate surface area is 197 Å². The molecule has 0 aliphatic heterocycles. The molecule has 1 amide bonds. The van der Waals surface area contributed by atoms with Crippen molar-refractivity contribution in [2.45, 2.75) is 16.7 Å². The van der Waals surface area contributed by atoms with Crippen molar-refractivity contribution in [3.05, 3.63) is 77.4 Å². The molecule has 2 unspecified atom stereocenters. The van der Waals surface area contributed by atoms with Gasteiger partial charge in [0.1, 0.15) is 5.82 Å². The van der Waals surface area contributed by atoms with Crippen molar-refractivity contribution < 1.29 is 22.7 Å². The highest BCUT2D eigenvalue weighted by Crippen LogP contribution is 2.56. The Morgan fingerprint density at radius 2 is 1.82 bits per heavy atom. The summed E-state index contributed by atoms with van der Waals surface area (Å²) in [4.78, 5) is 17.3. The van der Waals surface area contributed by atoms with Crippen LogP contribution in [0.3, 0.4) is 0 Å². The number of sulfone groups is 1. The van der Waals surface area contributed by atoms with Crippen LogP contribution in [0.2, 0.25) is 5.02 Å². The summed E-state index contributed by atoms with van der Waals surface area (Å²) in [6.07, 6.45) is 1.85. The Kier molecular flexibility index (Phi) is 6.32. The molecular formula is C24H23ClN2O5S. The Bertz CT molecular complexity index is 1270. The number of amides is 1. The number of anilines is 1. The van der Waals surface area contributed by atoms with Crippen LogP contribution in [0, 0.1) is 5.92 Å². The normalized spacial score (nSPS) is 19.5. The molecule has 1 saturated carbocycles. The molecule has 0 bridgehead atoms. The summed E-state index contributed by atoms with van der Waals surface area (Å²) in [6, 6.07) is 17.0. The fraction of sp³-hybridized carbons (Fsp3) is 0.250. The van der Waals surface area contributed by atoms with E-state index in [-0.39, 0.29) is 16.6 Å². The van der Waals surface area contributed by atoms with Crippen LogP contribution < -0.4 is 14.8 Å². The third-order valence-corrected chi connectivity index (χ3v) is 7.97. The van der Waals surface area contributed by atoms with E-state index in [0.29, 0.717) is 28.8 Å². The average molecular weight is 487 g/mol. The number of nitrogens with one attached hydrogen (secondary N) is 1. The Morgan fingerprint density at radius 3 is 2.45 bits per heavy atom. The second kappa shape index (κ2) is 9.03. The van der Waals surface area contributed by atoms with Gasteiger partial charge in [-0.3, -0.25) is 4.79 Å². The number of nitrogens with zero attached hydrogens (tertiary/aromatic N) is 1. The molecule has 1 aliphatic rings. The van der Waals surface area contributed by atoms with E-state index in [0.717, 1.165) is 5.56 Å². The summed E-state index contributed by atoms with van der Waals surface area (Å²) in [5, 5.41) is 3.23. The highest BCUT2D eigenvalue weighted by Gasteiger charge is 2.61.